The monoisotopic (exact) mass is 355 g/mol. The van der Waals surface area contributed by atoms with Crippen LogP contribution in [0.15, 0.2) is 58.1 Å². The van der Waals surface area contributed by atoms with E-state index < -0.39 is 13.1 Å². The number of rotatable bonds is 1. The van der Waals surface area contributed by atoms with Gasteiger partial charge in [0.15, 0.2) is 5.84 Å². The molecule has 2 aromatic carbocycles. The van der Waals surface area contributed by atoms with Crippen LogP contribution >= 0.6 is 7.52 Å². The Labute approximate surface area is 142 Å². The van der Waals surface area contributed by atoms with E-state index in [1.54, 1.807) is 49.5 Å². The van der Waals surface area contributed by atoms with Gasteiger partial charge in [-0.25, -0.2) is 0 Å². The third-order valence-electron chi connectivity index (χ3n) is 4.22. The van der Waals surface area contributed by atoms with E-state index in [-0.39, 0.29) is 22.5 Å². The summed E-state index contributed by atoms with van der Waals surface area (Å²) in [5.41, 5.74) is 0.289. The fourth-order valence-corrected chi connectivity index (χ4v) is 4.23. The zero-order chi connectivity index (χ0) is 17.8. The number of amidine groups is 1. The van der Waals surface area contributed by atoms with E-state index in [1.807, 2.05) is 0 Å². The molecule has 0 amide bonds. The van der Waals surface area contributed by atoms with Crippen molar-refractivity contribution in [1.29, 1.82) is 0 Å². The molecule has 0 saturated heterocycles. The summed E-state index contributed by atoms with van der Waals surface area (Å²) in [6.07, 6.45) is 0. The quantitative estimate of drug-likeness (QED) is 0.579. The van der Waals surface area contributed by atoms with Gasteiger partial charge in [-0.1, -0.05) is 24.3 Å². The van der Waals surface area contributed by atoms with Crippen molar-refractivity contribution in [3.05, 3.63) is 64.4 Å². The summed E-state index contributed by atoms with van der Waals surface area (Å²) in [4.78, 5) is 23.0. The standard InChI is InChI=1S/C17H14N3O4P/c1-20-12-8-4-2-6-10(12)15(21)14(17(20)22)16-18-11-7-3-5-9-13(11)25(23,24)19-16/h2-9,21H,1H3,(H2,18,19,23,24). The molecule has 2 heterocycles. The number of nitrogens with zero attached hydrogens (tertiary/aromatic N) is 2. The van der Waals surface area contributed by atoms with Crippen molar-refractivity contribution in [2.24, 2.45) is 11.8 Å². The maximum absolute atomic E-state index is 12.7. The van der Waals surface area contributed by atoms with Crippen molar-refractivity contribution in [2.45, 2.75) is 0 Å². The highest BCUT2D eigenvalue weighted by Crippen LogP contribution is 2.46. The zero-order valence-corrected chi connectivity index (χ0v) is 14.1. The van der Waals surface area contributed by atoms with Gasteiger partial charge in [-0.2, -0.15) is 4.76 Å². The molecule has 0 radical (unpaired) electrons. The molecule has 3 aromatic rings. The first-order chi connectivity index (χ1) is 11.9. The summed E-state index contributed by atoms with van der Waals surface area (Å²) in [5.74, 6) is -0.391. The molecule has 0 bridgehead atoms. The molecule has 3 N–H and O–H groups in total. The van der Waals surface area contributed by atoms with Crippen LogP contribution in [0.3, 0.4) is 0 Å². The van der Waals surface area contributed by atoms with Gasteiger partial charge in [0.1, 0.15) is 11.3 Å². The topological polar surface area (TPSA) is 104 Å². The Hall–Kier alpha value is -2.89. The van der Waals surface area contributed by atoms with Crippen molar-refractivity contribution >= 4 is 35.3 Å². The maximum atomic E-state index is 12.7. The number of aromatic hydroxyl groups is 1. The highest BCUT2D eigenvalue weighted by atomic mass is 31.2. The van der Waals surface area contributed by atoms with Gasteiger partial charge in [0.05, 0.1) is 16.5 Å². The molecule has 0 aliphatic carbocycles. The first-order valence-corrected chi connectivity index (χ1v) is 9.12. The molecule has 1 aliphatic rings. The minimum absolute atomic E-state index is 0.117. The second-order valence-electron chi connectivity index (χ2n) is 5.74. The highest BCUT2D eigenvalue weighted by Gasteiger charge is 2.32. The van der Waals surface area contributed by atoms with Crippen molar-refractivity contribution in [3.8, 4) is 5.75 Å². The van der Waals surface area contributed by atoms with Crippen LogP contribution in [0.5, 0.6) is 5.75 Å². The summed E-state index contributed by atoms with van der Waals surface area (Å²) in [6, 6.07) is 13.3. The molecule has 1 aromatic heterocycles. The molecule has 1 aliphatic heterocycles. The lowest BCUT2D eigenvalue weighted by molar-refractivity contribution is 0.478. The Kier molecular flexibility index (Phi) is 3.32. The normalized spacial score (nSPS) is 19.2. The van der Waals surface area contributed by atoms with Crippen LogP contribution in [0.1, 0.15) is 5.56 Å². The largest absolute Gasteiger partial charge is 0.506 e. The van der Waals surface area contributed by atoms with E-state index >= 15 is 0 Å². The Morgan fingerprint density at radius 2 is 1.80 bits per heavy atom. The molecule has 1 atom stereocenters. The number of aromatic nitrogens is 1. The number of anilines is 1. The van der Waals surface area contributed by atoms with E-state index in [1.165, 1.54) is 10.6 Å². The van der Waals surface area contributed by atoms with Crippen LogP contribution in [0.25, 0.3) is 10.9 Å². The summed E-state index contributed by atoms with van der Waals surface area (Å²) in [7, 11) is -2.47. The summed E-state index contributed by atoms with van der Waals surface area (Å²) < 4.78 is 17.8. The van der Waals surface area contributed by atoms with Crippen molar-refractivity contribution in [1.82, 2.24) is 4.57 Å². The number of nitrogens with one attached hydrogen (secondary N) is 1. The van der Waals surface area contributed by atoms with Gasteiger partial charge in [0.2, 0.25) is 0 Å². The molecule has 25 heavy (non-hydrogen) atoms. The summed E-state index contributed by atoms with van der Waals surface area (Å²) >= 11 is 0. The molecule has 4 rings (SSSR count). The minimum atomic E-state index is -4.05. The van der Waals surface area contributed by atoms with Gasteiger partial charge < -0.3 is 19.9 Å². The predicted octanol–water partition coefficient (Wildman–Crippen LogP) is 1.93. The highest BCUT2D eigenvalue weighted by molar-refractivity contribution is 7.65. The van der Waals surface area contributed by atoms with Crippen LogP contribution in [-0.4, -0.2) is 20.4 Å². The Balaban J connectivity index is 2.03. The maximum Gasteiger partial charge on any atom is 0.346 e. The molecule has 1 unspecified atom stereocenters. The number of aryl methyl sites for hydroxylation is 1. The lowest BCUT2D eigenvalue weighted by atomic mass is 10.1. The average Bonchev–Trinajstić information content (AvgIpc) is 2.59. The van der Waals surface area contributed by atoms with Crippen LogP contribution in [-0.2, 0) is 11.6 Å². The lowest BCUT2D eigenvalue weighted by Gasteiger charge is -2.22. The van der Waals surface area contributed by atoms with Gasteiger partial charge in [-0.05, 0) is 24.3 Å². The van der Waals surface area contributed by atoms with Crippen molar-refractivity contribution < 1.29 is 14.6 Å². The van der Waals surface area contributed by atoms with E-state index in [4.69, 9.17) is 0 Å². The van der Waals surface area contributed by atoms with Gasteiger partial charge in [-0.15, -0.1) is 0 Å². The third kappa shape index (κ3) is 2.28. The Morgan fingerprint density at radius 3 is 2.60 bits per heavy atom. The Bertz CT molecular complexity index is 1170. The van der Waals surface area contributed by atoms with Gasteiger partial charge in [0, 0.05) is 12.4 Å². The molecular formula is C17H14N3O4P. The van der Waals surface area contributed by atoms with E-state index in [0.29, 0.717) is 16.6 Å². The van der Waals surface area contributed by atoms with Crippen LogP contribution in [0.2, 0.25) is 0 Å². The van der Waals surface area contributed by atoms with Gasteiger partial charge >= 0.3 is 7.52 Å². The number of fused-ring (bicyclic) bond motifs is 2. The van der Waals surface area contributed by atoms with Crippen molar-refractivity contribution in [2.75, 3.05) is 5.32 Å². The number of hydrogen-bond acceptors (Lipinski definition) is 4. The molecule has 126 valence electrons. The van der Waals surface area contributed by atoms with E-state index in [9.17, 15) is 19.4 Å². The number of benzene rings is 2. The SMILES string of the molecule is Cn1c(=O)c(C2=NP(=O)(O)c3ccccc3N2)c(O)c2ccccc21. The minimum Gasteiger partial charge on any atom is -0.506 e. The number of para-hydroxylation sites is 2. The molecule has 0 spiro atoms. The molecule has 0 saturated carbocycles. The summed E-state index contributed by atoms with van der Waals surface area (Å²) in [6.45, 7) is 0. The Morgan fingerprint density at radius 1 is 1.12 bits per heavy atom. The zero-order valence-electron chi connectivity index (χ0n) is 13.2. The predicted molar refractivity (Wildman–Crippen MR) is 96.9 cm³/mol. The first kappa shape index (κ1) is 15.6. The fourth-order valence-electron chi connectivity index (χ4n) is 2.98. The molecule has 7 nitrogen and oxygen atoms in total. The number of pyridine rings is 1. The third-order valence-corrected chi connectivity index (χ3v) is 5.71. The first-order valence-electron chi connectivity index (χ1n) is 7.51. The van der Waals surface area contributed by atoms with Crippen LogP contribution in [0.4, 0.5) is 5.69 Å². The van der Waals surface area contributed by atoms with Crippen LogP contribution in [0, 0.1) is 0 Å². The second kappa shape index (κ2) is 5.31. The smallest absolute Gasteiger partial charge is 0.346 e. The summed E-state index contributed by atoms with van der Waals surface area (Å²) in [5, 5.41) is 14.1. The molecule has 0 fully saturated rings. The van der Waals surface area contributed by atoms with Crippen molar-refractivity contribution in [3.63, 3.8) is 0 Å². The van der Waals surface area contributed by atoms with Crippen LogP contribution < -0.4 is 16.2 Å². The molecular weight excluding hydrogens is 341 g/mol. The fraction of sp³-hybridized carbons (Fsp3) is 0.0588. The van der Waals surface area contributed by atoms with E-state index in [2.05, 4.69) is 10.1 Å². The lowest BCUT2D eigenvalue weighted by Crippen LogP contribution is -2.32. The van der Waals surface area contributed by atoms with Gasteiger partial charge in [0.25, 0.3) is 5.56 Å². The molecule has 8 heteroatoms. The second-order valence-corrected chi connectivity index (χ2v) is 7.51. The van der Waals surface area contributed by atoms with E-state index in [0.717, 1.165) is 0 Å². The number of hydrogen-bond donors (Lipinski definition) is 3. The average molecular weight is 355 g/mol. The van der Waals surface area contributed by atoms with Gasteiger partial charge in [-0.3, -0.25) is 9.36 Å².